The van der Waals surface area contributed by atoms with Gasteiger partial charge in [-0.2, -0.15) is 0 Å². The molecule has 0 unspecified atom stereocenters. The second-order valence-corrected chi connectivity index (χ2v) is 8.96. The number of hydrogen-bond acceptors (Lipinski definition) is 6. The highest BCUT2D eigenvalue weighted by atomic mass is 32.2. The van der Waals surface area contributed by atoms with Gasteiger partial charge < -0.3 is 10.2 Å². The summed E-state index contributed by atoms with van der Waals surface area (Å²) in [6, 6.07) is 18.5. The van der Waals surface area contributed by atoms with E-state index < -0.39 is 0 Å². The normalized spacial score (nSPS) is 15.7. The van der Waals surface area contributed by atoms with Crippen molar-refractivity contribution in [3.8, 4) is 0 Å². The highest BCUT2D eigenvalue weighted by Gasteiger charge is 2.26. The molecule has 1 N–H and O–H groups in total. The molecule has 1 atom stereocenters. The van der Waals surface area contributed by atoms with E-state index in [0.717, 1.165) is 34.4 Å². The summed E-state index contributed by atoms with van der Waals surface area (Å²) in [5.41, 5.74) is 3.63. The van der Waals surface area contributed by atoms with Crippen molar-refractivity contribution in [2.24, 2.45) is 0 Å². The Morgan fingerprint density at radius 2 is 1.96 bits per heavy atom. The topological polar surface area (TPSA) is 58.1 Å². The fourth-order valence-corrected chi connectivity index (χ4v) is 5.19. The van der Waals surface area contributed by atoms with Gasteiger partial charge in [0.2, 0.25) is 11.0 Å². The number of carbonyl (C=O) groups excluding carboxylic acids is 1. The van der Waals surface area contributed by atoms with Crippen LogP contribution in [0.2, 0.25) is 0 Å². The Balaban J connectivity index is 1.35. The molecule has 0 saturated heterocycles. The molecule has 5 nitrogen and oxygen atoms in total. The smallest absolute Gasteiger partial charge is 0.233 e. The Morgan fingerprint density at radius 1 is 1.18 bits per heavy atom. The van der Waals surface area contributed by atoms with Crippen LogP contribution >= 0.6 is 23.1 Å². The van der Waals surface area contributed by atoms with E-state index in [1.807, 2.05) is 42.3 Å². The molecule has 4 rings (SSSR count). The Kier molecular flexibility index (Phi) is 5.92. The number of nitrogens with one attached hydrogen (secondary N) is 1. The van der Waals surface area contributed by atoms with Crippen LogP contribution in [0.15, 0.2) is 58.9 Å². The van der Waals surface area contributed by atoms with Crippen LogP contribution in [0.25, 0.3) is 0 Å². The number of nitrogens with zero attached hydrogens (tertiary/aromatic N) is 3. The number of hydrogen-bond donors (Lipinski definition) is 1. The molecule has 0 fully saturated rings. The van der Waals surface area contributed by atoms with Crippen molar-refractivity contribution < 1.29 is 4.79 Å². The third kappa shape index (κ3) is 4.36. The Hall–Kier alpha value is -2.38. The summed E-state index contributed by atoms with van der Waals surface area (Å²) >= 11 is 2.91. The minimum atomic E-state index is 0.125. The largest absolute Gasteiger partial charge is 0.338 e. The predicted octanol–water partition coefficient (Wildman–Crippen LogP) is 4.91. The van der Waals surface area contributed by atoms with E-state index in [0.29, 0.717) is 5.75 Å². The first-order valence-corrected chi connectivity index (χ1v) is 11.1. The molecule has 1 amide bonds. The molecule has 1 aliphatic carbocycles. The van der Waals surface area contributed by atoms with Crippen molar-refractivity contribution in [2.45, 2.75) is 29.6 Å². The highest BCUT2D eigenvalue weighted by Crippen LogP contribution is 2.34. The Morgan fingerprint density at radius 3 is 2.82 bits per heavy atom. The van der Waals surface area contributed by atoms with Gasteiger partial charge in [-0.15, -0.1) is 10.2 Å². The Labute approximate surface area is 173 Å². The van der Waals surface area contributed by atoms with E-state index in [4.69, 9.17) is 0 Å². The lowest BCUT2D eigenvalue weighted by Gasteiger charge is -2.33. The molecule has 0 saturated carbocycles. The van der Waals surface area contributed by atoms with Crippen LogP contribution in [0.4, 0.5) is 10.8 Å². The molecule has 2 aromatic carbocycles. The number of anilines is 2. The number of benzene rings is 2. The van der Waals surface area contributed by atoms with Crippen LogP contribution in [-0.2, 0) is 11.2 Å². The van der Waals surface area contributed by atoms with Crippen molar-refractivity contribution in [1.29, 1.82) is 0 Å². The summed E-state index contributed by atoms with van der Waals surface area (Å²) in [6.07, 6.45) is 3.25. The van der Waals surface area contributed by atoms with Crippen molar-refractivity contribution >= 4 is 39.8 Å². The van der Waals surface area contributed by atoms with Crippen LogP contribution in [0.3, 0.4) is 0 Å². The number of carbonyl (C=O) groups is 1. The standard InChI is InChI=1S/C21H22N4OS2/c1-25(18-13-7-9-15-8-5-6-12-17(15)18)19(26)14-27-21-24-23-20(28-21)22-16-10-3-2-4-11-16/h2-6,8,10-12,18H,7,9,13-14H2,1H3,(H,22,23)/t18-/m1/s1. The second kappa shape index (κ2) is 8.75. The maximum Gasteiger partial charge on any atom is 0.233 e. The van der Waals surface area contributed by atoms with Crippen molar-refractivity contribution in [3.05, 3.63) is 65.7 Å². The van der Waals surface area contributed by atoms with E-state index >= 15 is 0 Å². The molecule has 144 valence electrons. The molecule has 0 spiro atoms. The monoisotopic (exact) mass is 410 g/mol. The van der Waals surface area contributed by atoms with Gasteiger partial charge >= 0.3 is 0 Å². The van der Waals surface area contributed by atoms with Crippen LogP contribution < -0.4 is 5.32 Å². The third-order valence-corrected chi connectivity index (χ3v) is 6.91. The van der Waals surface area contributed by atoms with Gasteiger partial charge in [-0.3, -0.25) is 4.79 Å². The van der Waals surface area contributed by atoms with Gasteiger partial charge in [0.05, 0.1) is 11.8 Å². The van der Waals surface area contributed by atoms with E-state index in [2.05, 4.69) is 39.8 Å². The molecule has 0 radical (unpaired) electrons. The van der Waals surface area contributed by atoms with E-state index in [9.17, 15) is 4.79 Å². The van der Waals surface area contributed by atoms with Crippen LogP contribution in [0.5, 0.6) is 0 Å². The molecule has 3 aromatic rings. The summed E-state index contributed by atoms with van der Waals surface area (Å²) in [6.45, 7) is 0. The second-order valence-electron chi connectivity index (χ2n) is 6.76. The zero-order valence-corrected chi connectivity index (χ0v) is 17.3. The maximum atomic E-state index is 12.8. The molecule has 28 heavy (non-hydrogen) atoms. The summed E-state index contributed by atoms with van der Waals surface area (Å²) < 4.78 is 0.796. The summed E-state index contributed by atoms with van der Waals surface area (Å²) in [7, 11) is 1.91. The summed E-state index contributed by atoms with van der Waals surface area (Å²) in [5, 5.41) is 12.3. The predicted molar refractivity (Wildman–Crippen MR) is 115 cm³/mol. The first kappa shape index (κ1) is 19.0. The number of fused-ring (bicyclic) bond motifs is 1. The molecule has 1 aliphatic rings. The first-order valence-electron chi connectivity index (χ1n) is 9.32. The lowest BCUT2D eigenvalue weighted by atomic mass is 9.87. The molecule has 7 heteroatoms. The van der Waals surface area contributed by atoms with Crippen molar-refractivity contribution in [2.75, 3.05) is 18.1 Å². The first-order chi connectivity index (χ1) is 13.7. The molecule has 1 heterocycles. The number of amides is 1. The number of aromatic nitrogens is 2. The van der Waals surface area contributed by atoms with E-state index in [-0.39, 0.29) is 11.9 Å². The van der Waals surface area contributed by atoms with Gasteiger partial charge in [0.1, 0.15) is 0 Å². The number of rotatable bonds is 6. The molecular formula is C21H22N4OS2. The average molecular weight is 411 g/mol. The van der Waals surface area contributed by atoms with Crippen LogP contribution in [0.1, 0.15) is 30.0 Å². The van der Waals surface area contributed by atoms with Gasteiger partial charge in [0.15, 0.2) is 4.34 Å². The average Bonchev–Trinajstić information content (AvgIpc) is 3.19. The molecule has 0 bridgehead atoms. The number of para-hydroxylation sites is 1. The van der Waals surface area contributed by atoms with Gasteiger partial charge in [-0.05, 0) is 42.5 Å². The number of thioether (sulfide) groups is 1. The van der Waals surface area contributed by atoms with E-state index in [1.165, 1.54) is 34.2 Å². The highest BCUT2D eigenvalue weighted by molar-refractivity contribution is 8.01. The zero-order chi connectivity index (χ0) is 19.3. The molecular weight excluding hydrogens is 388 g/mol. The lowest BCUT2D eigenvalue weighted by molar-refractivity contribution is -0.129. The van der Waals surface area contributed by atoms with Crippen LogP contribution in [0, 0.1) is 0 Å². The molecule has 0 aliphatic heterocycles. The zero-order valence-electron chi connectivity index (χ0n) is 15.7. The Bertz CT molecular complexity index is 944. The fraction of sp³-hybridized carbons (Fsp3) is 0.286. The maximum absolute atomic E-state index is 12.8. The van der Waals surface area contributed by atoms with Gasteiger partial charge in [-0.1, -0.05) is 65.6 Å². The van der Waals surface area contributed by atoms with E-state index in [1.54, 1.807) is 0 Å². The lowest BCUT2D eigenvalue weighted by Crippen LogP contribution is -2.34. The fourth-order valence-electron chi connectivity index (χ4n) is 3.49. The summed E-state index contributed by atoms with van der Waals surface area (Å²) in [5.74, 6) is 0.495. The minimum Gasteiger partial charge on any atom is -0.338 e. The minimum absolute atomic E-state index is 0.125. The molecule has 1 aromatic heterocycles. The number of aryl methyl sites for hydroxylation is 1. The van der Waals surface area contributed by atoms with Gasteiger partial charge in [0.25, 0.3) is 0 Å². The third-order valence-electron chi connectivity index (χ3n) is 4.95. The van der Waals surface area contributed by atoms with Crippen LogP contribution in [-0.4, -0.2) is 33.8 Å². The van der Waals surface area contributed by atoms with Crippen molar-refractivity contribution in [3.63, 3.8) is 0 Å². The van der Waals surface area contributed by atoms with Gasteiger partial charge in [0, 0.05) is 12.7 Å². The van der Waals surface area contributed by atoms with Crippen molar-refractivity contribution in [1.82, 2.24) is 15.1 Å². The quantitative estimate of drug-likeness (QED) is 0.585. The SMILES string of the molecule is CN(C(=O)CSc1nnc(Nc2ccccc2)s1)[C@@H]1CCCc2ccccc21. The summed E-state index contributed by atoms with van der Waals surface area (Å²) in [4.78, 5) is 14.7. The van der Waals surface area contributed by atoms with Gasteiger partial charge in [-0.25, -0.2) is 0 Å².